The predicted octanol–water partition coefficient (Wildman–Crippen LogP) is 3.17. The summed E-state index contributed by atoms with van der Waals surface area (Å²) in [6.07, 6.45) is 10.7. The molecule has 0 fully saturated rings. The first-order chi connectivity index (χ1) is 9.42. The summed E-state index contributed by atoms with van der Waals surface area (Å²) < 4.78 is 2.18. The molecule has 2 heteroatoms. The average molecular weight is 242 g/mol. The van der Waals surface area contributed by atoms with Crippen LogP contribution < -0.4 is 5.22 Å². The molecule has 0 unspecified atom stereocenters. The summed E-state index contributed by atoms with van der Waals surface area (Å²) in [7, 11) is 0. The van der Waals surface area contributed by atoms with Gasteiger partial charge in [0, 0.05) is 33.9 Å². The van der Waals surface area contributed by atoms with E-state index < -0.39 is 0 Å². The monoisotopic (exact) mass is 242 g/mol. The summed E-state index contributed by atoms with van der Waals surface area (Å²) >= 11 is 0. The van der Waals surface area contributed by atoms with Crippen molar-refractivity contribution in [2.75, 3.05) is 0 Å². The van der Waals surface area contributed by atoms with E-state index >= 15 is 0 Å². The molecule has 0 saturated carbocycles. The third-order valence-corrected chi connectivity index (χ3v) is 3.95. The molecule has 0 radical (unpaired) electrons. The molecule has 88 valence electrons. The van der Waals surface area contributed by atoms with E-state index in [1.807, 2.05) is 6.07 Å². The summed E-state index contributed by atoms with van der Waals surface area (Å²) in [6, 6.07) is 10.5. The maximum absolute atomic E-state index is 4.82. The van der Waals surface area contributed by atoms with Crippen molar-refractivity contribution in [1.82, 2.24) is 9.38 Å². The number of fused-ring (bicyclic) bond motifs is 7. The standard InChI is InChI=1S/C17H10N2/c1-2-7-15-13(5-1)14-8-9-19-10-11-4-3-6-12(11)17(19)16(14)18-15/h1-10H. The van der Waals surface area contributed by atoms with Crippen molar-refractivity contribution >= 4 is 39.5 Å². The lowest BCUT2D eigenvalue weighted by molar-refractivity contribution is 1.21. The van der Waals surface area contributed by atoms with Crippen LogP contribution in [0.25, 0.3) is 39.5 Å². The van der Waals surface area contributed by atoms with E-state index in [-0.39, 0.29) is 0 Å². The van der Waals surface area contributed by atoms with E-state index in [1.54, 1.807) is 0 Å². The fourth-order valence-corrected chi connectivity index (χ4v) is 3.09. The van der Waals surface area contributed by atoms with Crippen molar-refractivity contribution in [3.05, 3.63) is 59.6 Å². The summed E-state index contributed by atoms with van der Waals surface area (Å²) in [6.45, 7) is 0. The van der Waals surface area contributed by atoms with Crippen molar-refractivity contribution in [3.8, 4) is 0 Å². The molecule has 0 N–H and O–H groups in total. The molecule has 0 aliphatic heterocycles. The van der Waals surface area contributed by atoms with E-state index in [0.717, 1.165) is 11.0 Å². The lowest BCUT2D eigenvalue weighted by atomic mass is 10.1. The molecule has 2 nitrogen and oxygen atoms in total. The molecule has 5 rings (SSSR count). The fraction of sp³-hybridized carbons (Fsp3) is 0. The van der Waals surface area contributed by atoms with Gasteiger partial charge in [0.25, 0.3) is 0 Å². The minimum absolute atomic E-state index is 1.08. The van der Waals surface area contributed by atoms with Gasteiger partial charge in [-0.2, -0.15) is 0 Å². The smallest absolute Gasteiger partial charge is 0.0963 e. The SMILES string of the molecule is C1=Cc2cn3ccc4c5ccccc5nc4c3c2=C1. The molecule has 3 aromatic heterocycles. The summed E-state index contributed by atoms with van der Waals surface area (Å²) in [5.41, 5.74) is 4.67. The molecule has 0 bridgehead atoms. The number of rotatable bonds is 0. The van der Waals surface area contributed by atoms with Gasteiger partial charge in [0.1, 0.15) is 0 Å². The van der Waals surface area contributed by atoms with E-state index in [4.69, 9.17) is 4.98 Å². The zero-order valence-electron chi connectivity index (χ0n) is 10.2. The molecular weight excluding hydrogens is 232 g/mol. The Bertz CT molecular complexity index is 1050. The van der Waals surface area contributed by atoms with E-state index in [2.05, 4.69) is 59.3 Å². The molecule has 1 aliphatic rings. The Kier molecular flexibility index (Phi) is 1.49. The summed E-state index contributed by atoms with van der Waals surface area (Å²) in [4.78, 5) is 4.82. The number of allylic oxidation sites excluding steroid dienone is 1. The zero-order chi connectivity index (χ0) is 12.4. The van der Waals surface area contributed by atoms with Crippen molar-refractivity contribution in [2.24, 2.45) is 0 Å². The van der Waals surface area contributed by atoms with Gasteiger partial charge in [0.05, 0.1) is 16.6 Å². The van der Waals surface area contributed by atoms with Crippen LogP contribution in [0.3, 0.4) is 0 Å². The van der Waals surface area contributed by atoms with E-state index in [1.165, 1.54) is 27.1 Å². The second kappa shape index (κ2) is 3.04. The Morgan fingerprint density at radius 1 is 1.00 bits per heavy atom. The first-order valence-corrected chi connectivity index (χ1v) is 6.42. The van der Waals surface area contributed by atoms with Gasteiger partial charge in [-0.1, -0.05) is 36.4 Å². The number of para-hydroxylation sites is 1. The number of pyridine rings is 1. The highest BCUT2D eigenvalue weighted by molar-refractivity contribution is 6.12. The summed E-state index contributed by atoms with van der Waals surface area (Å²) in [5, 5.41) is 3.76. The van der Waals surface area contributed by atoms with Gasteiger partial charge in [0.2, 0.25) is 0 Å². The van der Waals surface area contributed by atoms with Crippen molar-refractivity contribution in [2.45, 2.75) is 0 Å². The summed E-state index contributed by atoms with van der Waals surface area (Å²) in [5.74, 6) is 0. The fourth-order valence-electron chi connectivity index (χ4n) is 3.09. The maximum Gasteiger partial charge on any atom is 0.0963 e. The van der Waals surface area contributed by atoms with Crippen LogP contribution in [0, 0.1) is 0 Å². The molecule has 1 aromatic carbocycles. The third-order valence-electron chi connectivity index (χ3n) is 3.95. The molecular formula is C17H10N2. The van der Waals surface area contributed by atoms with Crippen molar-refractivity contribution < 1.29 is 0 Å². The first kappa shape index (κ1) is 9.34. The second-order valence-corrected chi connectivity index (χ2v) is 4.99. The molecule has 19 heavy (non-hydrogen) atoms. The topological polar surface area (TPSA) is 17.3 Å². The molecule has 0 spiro atoms. The number of nitrogens with zero attached hydrogens (tertiary/aromatic N) is 2. The van der Waals surface area contributed by atoms with Gasteiger partial charge in [-0.15, -0.1) is 0 Å². The van der Waals surface area contributed by atoms with Crippen LogP contribution in [-0.4, -0.2) is 9.38 Å². The number of aromatic nitrogens is 2. The highest BCUT2D eigenvalue weighted by Gasteiger charge is 2.12. The normalized spacial score (nSPS) is 13.5. The third kappa shape index (κ3) is 1.04. The largest absolute Gasteiger partial charge is 0.321 e. The molecule has 0 atom stereocenters. The lowest BCUT2D eigenvalue weighted by Crippen LogP contribution is -1.99. The Balaban J connectivity index is 2.14. The lowest BCUT2D eigenvalue weighted by Gasteiger charge is -1.96. The van der Waals surface area contributed by atoms with Gasteiger partial charge in [-0.05, 0) is 12.1 Å². The van der Waals surface area contributed by atoms with Crippen LogP contribution in [-0.2, 0) is 0 Å². The van der Waals surface area contributed by atoms with Crippen LogP contribution in [0.1, 0.15) is 5.56 Å². The molecule has 4 aromatic rings. The van der Waals surface area contributed by atoms with Gasteiger partial charge in [-0.25, -0.2) is 4.98 Å². The predicted molar refractivity (Wildman–Crippen MR) is 78.9 cm³/mol. The van der Waals surface area contributed by atoms with Gasteiger partial charge >= 0.3 is 0 Å². The molecule has 0 amide bonds. The first-order valence-electron chi connectivity index (χ1n) is 6.42. The van der Waals surface area contributed by atoms with Crippen LogP contribution in [0.5, 0.6) is 0 Å². The van der Waals surface area contributed by atoms with Crippen molar-refractivity contribution in [3.63, 3.8) is 0 Å². The number of hydrogen-bond acceptors (Lipinski definition) is 1. The average Bonchev–Trinajstić information content (AvgIpc) is 3.08. The van der Waals surface area contributed by atoms with Crippen LogP contribution >= 0.6 is 0 Å². The number of hydrogen-bond donors (Lipinski definition) is 0. The Morgan fingerprint density at radius 3 is 2.95 bits per heavy atom. The van der Waals surface area contributed by atoms with Crippen LogP contribution in [0.15, 0.2) is 48.8 Å². The Morgan fingerprint density at radius 2 is 1.95 bits per heavy atom. The zero-order valence-corrected chi connectivity index (χ0v) is 10.2. The highest BCUT2D eigenvalue weighted by atomic mass is 14.9. The van der Waals surface area contributed by atoms with Crippen LogP contribution in [0.4, 0.5) is 0 Å². The minimum atomic E-state index is 1.08. The molecule has 3 heterocycles. The Labute approximate surface area is 109 Å². The maximum atomic E-state index is 4.82. The second-order valence-electron chi connectivity index (χ2n) is 4.99. The van der Waals surface area contributed by atoms with Gasteiger partial charge in [0.15, 0.2) is 0 Å². The van der Waals surface area contributed by atoms with Gasteiger partial charge in [-0.3, -0.25) is 0 Å². The highest BCUT2D eigenvalue weighted by Crippen LogP contribution is 2.27. The molecule has 0 saturated heterocycles. The molecule has 1 aliphatic carbocycles. The quantitative estimate of drug-likeness (QED) is 0.463. The van der Waals surface area contributed by atoms with Crippen molar-refractivity contribution in [1.29, 1.82) is 0 Å². The number of benzene rings is 1. The van der Waals surface area contributed by atoms with E-state index in [0.29, 0.717) is 0 Å². The van der Waals surface area contributed by atoms with Gasteiger partial charge < -0.3 is 4.40 Å². The Hall–Kier alpha value is -2.61. The van der Waals surface area contributed by atoms with Crippen LogP contribution in [0.2, 0.25) is 0 Å². The van der Waals surface area contributed by atoms with E-state index in [9.17, 15) is 0 Å². The minimum Gasteiger partial charge on any atom is -0.321 e.